The SMILES string of the molecule is Cc1cc(Nc2ncnc3ccc(N4C[C@@H](C)N[C@@H](C)C4)nc23)ccc1Oc1ccn2ncnc2c1.Cl. The number of nitrogens with zero attached hydrogens (tertiary/aromatic N) is 7. The van der Waals surface area contributed by atoms with Crippen molar-refractivity contribution in [2.75, 3.05) is 23.3 Å². The van der Waals surface area contributed by atoms with Crippen molar-refractivity contribution in [2.24, 2.45) is 0 Å². The van der Waals surface area contributed by atoms with Crippen LogP contribution in [0.25, 0.3) is 16.7 Å². The summed E-state index contributed by atoms with van der Waals surface area (Å²) in [5.41, 5.74) is 4.15. The van der Waals surface area contributed by atoms with Crippen LogP contribution in [0, 0.1) is 6.92 Å². The predicted molar refractivity (Wildman–Crippen MR) is 146 cm³/mol. The van der Waals surface area contributed by atoms with Crippen LogP contribution in [0.3, 0.4) is 0 Å². The Labute approximate surface area is 220 Å². The predicted octanol–water partition coefficient (Wildman–Crippen LogP) is 4.52. The molecule has 11 heteroatoms. The van der Waals surface area contributed by atoms with Crippen molar-refractivity contribution in [3.05, 3.63) is 66.9 Å². The number of piperazine rings is 1. The molecule has 2 N–H and O–H groups in total. The molecule has 190 valence electrons. The number of nitrogens with one attached hydrogen (secondary N) is 2. The largest absolute Gasteiger partial charge is 0.457 e. The minimum absolute atomic E-state index is 0. The zero-order valence-corrected chi connectivity index (χ0v) is 21.6. The third-order valence-corrected chi connectivity index (χ3v) is 6.27. The Morgan fingerprint density at radius 3 is 2.62 bits per heavy atom. The van der Waals surface area contributed by atoms with Gasteiger partial charge in [0.15, 0.2) is 11.5 Å². The van der Waals surface area contributed by atoms with E-state index in [1.54, 1.807) is 10.8 Å². The van der Waals surface area contributed by atoms with Gasteiger partial charge in [-0.1, -0.05) is 0 Å². The van der Waals surface area contributed by atoms with Gasteiger partial charge in [0.25, 0.3) is 0 Å². The lowest BCUT2D eigenvalue weighted by atomic mass is 10.1. The van der Waals surface area contributed by atoms with E-state index >= 15 is 0 Å². The topological polar surface area (TPSA) is 105 Å². The first-order valence-corrected chi connectivity index (χ1v) is 12.0. The fourth-order valence-corrected chi connectivity index (χ4v) is 4.68. The van der Waals surface area contributed by atoms with Crippen molar-refractivity contribution in [1.82, 2.24) is 34.9 Å². The maximum absolute atomic E-state index is 6.10. The lowest BCUT2D eigenvalue weighted by Crippen LogP contribution is -2.54. The molecular formula is C26H28ClN9O. The quantitative estimate of drug-likeness (QED) is 0.348. The number of halogens is 1. The van der Waals surface area contributed by atoms with Gasteiger partial charge in [-0.3, -0.25) is 0 Å². The van der Waals surface area contributed by atoms with E-state index in [4.69, 9.17) is 9.72 Å². The summed E-state index contributed by atoms with van der Waals surface area (Å²) in [5.74, 6) is 3.07. The molecule has 0 radical (unpaired) electrons. The molecule has 1 fully saturated rings. The number of hydrogen-bond donors (Lipinski definition) is 2. The highest BCUT2D eigenvalue weighted by atomic mass is 35.5. The number of hydrogen-bond acceptors (Lipinski definition) is 9. The Balaban J connectivity index is 0.00000280. The van der Waals surface area contributed by atoms with Gasteiger partial charge in [0, 0.05) is 43.1 Å². The van der Waals surface area contributed by atoms with Crippen molar-refractivity contribution < 1.29 is 4.74 Å². The summed E-state index contributed by atoms with van der Waals surface area (Å²) in [5, 5.41) is 11.1. The summed E-state index contributed by atoms with van der Waals surface area (Å²) >= 11 is 0. The van der Waals surface area contributed by atoms with Gasteiger partial charge >= 0.3 is 0 Å². The molecule has 0 unspecified atom stereocenters. The molecule has 1 aromatic carbocycles. The zero-order chi connectivity index (χ0) is 24.6. The fourth-order valence-electron chi connectivity index (χ4n) is 4.68. The molecular weight excluding hydrogens is 490 g/mol. The average Bonchev–Trinajstić information content (AvgIpc) is 3.33. The molecule has 5 heterocycles. The number of rotatable bonds is 5. The van der Waals surface area contributed by atoms with Crippen LogP contribution >= 0.6 is 12.4 Å². The van der Waals surface area contributed by atoms with E-state index in [0.29, 0.717) is 23.7 Å². The Morgan fingerprint density at radius 1 is 0.973 bits per heavy atom. The maximum Gasteiger partial charge on any atom is 0.160 e. The van der Waals surface area contributed by atoms with Gasteiger partial charge in [-0.2, -0.15) is 5.10 Å². The van der Waals surface area contributed by atoms with Crippen molar-refractivity contribution in [2.45, 2.75) is 32.9 Å². The second kappa shape index (κ2) is 10.2. The first-order valence-electron chi connectivity index (χ1n) is 12.0. The molecule has 37 heavy (non-hydrogen) atoms. The van der Waals surface area contributed by atoms with Gasteiger partial charge in [0.2, 0.25) is 0 Å². The Kier molecular flexibility index (Phi) is 6.77. The molecule has 2 atom stereocenters. The molecule has 4 aromatic heterocycles. The molecule has 1 saturated heterocycles. The fraction of sp³-hybridized carbons (Fsp3) is 0.269. The standard InChI is InChI=1S/C26H27N9O.ClH/c1-16-10-19(4-6-22(16)36-20-8-9-35-24(11-20)28-15-30-35)32-26-25-21(27-14-29-26)5-7-23(33-25)34-12-17(2)31-18(3)13-34;/h4-11,14-15,17-18,31H,12-13H2,1-3H3,(H,27,29,32);1H/t17-,18+;. The third kappa shape index (κ3) is 5.11. The van der Waals surface area contributed by atoms with E-state index in [1.807, 2.05) is 55.6 Å². The van der Waals surface area contributed by atoms with Crippen LogP contribution in [0.2, 0.25) is 0 Å². The zero-order valence-electron chi connectivity index (χ0n) is 20.8. The number of ether oxygens (including phenoxy) is 1. The molecule has 10 nitrogen and oxygen atoms in total. The summed E-state index contributed by atoms with van der Waals surface area (Å²) < 4.78 is 7.80. The van der Waals surface area contributed by atoms with Gasteiger partial charge < -0.3 is 20.3 Å². The lowest BCUT2D eigenvalue weighted by molar-refractivity contribution is 0.405. The summed E-state index contributed by atoms with van der Waals surface area (Å²) in [6, 6.07) is 14.5. The van der Waals surface area contributed by atoms with Gasteiger partial charge in [-0.05, 0) is 62.7 Å². The second-order valence-corrected chi connectivity index (χ2v) is 9.27. The number of aromatic nitrogens is 6. The Hall–Kier alpha value is -4.02. The van der Waals surface area contributed by atoms with Crippen molar-refractivity contribution in [3.63, 3.8) is 0 Å². The second-order valence-electron chi connectivity index (χ2n) is 9.27. The number of anilines is 3. The third-order valence-electron chi connectivity index (χ3n) is 6.27. The highest BCUT2D eigenvalue weighted by Crippen LogP contribution is 2.30. The van der Waals surface area contributed by atoms with Crippen LogP contribution in [0.1, 0.15) is 19.4 Å². The number of benzene rings is 1. The Bertz CT molecular complexity index is 1550. The van der Waals surface area contributed by atoms with Crippen LogP contribution in [-0.2, 0) is 0 Å². The molecule has 1 aliphatic rings. The minimum Gasteiger partial charge on any atom is -0.457 e. The van der Waals surface area contributed by atoms with Gasteiger partial charge in [0.1, 0.15) is 35.5 Å². The summed E-state index contributed by atoms with van der Waals surface area (Å²) in [4.78, 5) is 20.4. The number of aryl methyl sites for hydroxylation is 1. The normalized spacial score (nSPS) is 17.5. The molecule has 1 aliphatic heterocycles. The van der Waals surface area contributed by atoms with Gasteiger partial charge in [-0.25, -0.2) is 24.5 Å². The molecule has 0 aliphatic carbocycles. The van der Waals surface area contributed by atoms with Crippen molar-refractivity contribution in [3.8, 4) is 11.5 Å². The van der Waals surface area contributed by atoms with E-state index in [2.05, 4.69) is 49.4 Å². The first kappa shape index (κ1) is 24.7. The monoisotopic (exact) mass is 517 g/mol. The van der Waals surface area contributed by atoms with Crippen LogP contribution in [0.4, 0.5) is 17.3 Å². The van der Waals surface area contributed by atoms with Crippen molar-refractivity contribution >= 4 is 46.4 Å². The average molecular weight is 518 g/mol. The highest BCUT2D eigenvalue weighted by molar-refractivity contribution is 5.88. The molecule has 0 saturated carbocycles. The molecule has 6 rings (SSSR count). The smallest absolute Gasteiger partial charge is 0.160 e. The number of pyridine rings is 2. The number of fused-ring (bicyclic) bond motifs is 2. The van der Waals surface area contributed by atoms with Crippen LogP contribution < -0.4 is 20.3 Å². The van der Waals surface area contributed by atoms with Crippen LogP contribution in [-0.4, -0.2) is 54.7 Å². The molecule has 5 aromatic rings. The van der Waals surface area contributed by atoms with Crippen LogP contribution in [0.15, 0.2) is 61.3 Å². The van der Waals surface area contributed by atoms with Crippen molar-refractivity contribution in [1.29, 1.82) is 0 Å². The summed E-state index contributed by atoms with van der Waals surface area (Å²) in [6.07, 6.45) is 4.91. The highest BCUT2D eigenvalue weighted by Gasteiger charge is 2.22. The van der Waals surface area contributed by atoms with E-state index < -0.39 is 0 Å². The molecule has 0 spiro atoms. The van der Waals surface area contributed by atoms with E-state index in [-0.39, 0.29) is 12.4 Å². The Morgan fingerprint density at radius 2 is 1.81 bits per heavy atom. The van der Waals surface area contributed by atoms with E-state index in [1.165, 1.54) is 6.33 Å². The van der Waals surface area contributed by atoms with Gasteiger partial charge in [0.05, 0.1) is 5.52 Å². The first-order chi connectivity index (χ1) is 17.5. The maximum atomic E-state index is 6.10. The van der Waals surface area contributed by atoms with Crippen LogP contribution in [0.5, 0.6) is 11.5 Å². The van der Waals surface area contributed by atoms with E-state index in [9.17, 15) is 0 Å². The minimum atomic E-state index is 0. The lowest BCUT2D eigenvalue weighted by Gasteiger charge is -2.37. The molecule has 0 bridgehead atoms. The summed E-state index contributed by atoms with van der Waals surface area (Å²) in [6.45, 7) is 8.22. The van der Waals surface area contributed by atoms with E-state index in [0.717, 1.165) is 52.6 Å². The van der Waals surface area contributed by atoms with Gasteiger partial charge in [-0.15, -0.1) is 12.4 Å². The molecule has 0 amide bonds. The summed E-state index contributed by atoms with van der Waals surface area (Å²) in [7, 11) is 0.